The van der Waals surface area contributed by atoms with Gasteiger partial charge in [-0.1, -0.05) is 17.7 Å². The Labute approximate surface area is 163 Å². The summed E-state index contributed by atoms with van der Waals surface area (Å²) in [4.78, 5) is 23.3. The van der Waals surface area contributed by atoms with E-state index < -0.39 is 5.97 Å². The van der Waals surface area contributed by atoms with E-state index in [-0.39, 0.29) is 18.3 Å². The fourth-order valence-corrected chi connectivity index (χ4v) is 2.64. The minimum absolute atomic E-state index is 0.0881. The number of carbonyl (C=O) groups excluding carboxylic acids is 2. The highest BCUT2D eigenvalue weighted by molar-refractivity contribution is 5.89. The van der Waals surface area contributed by atoms with E-state index in [1.165, 1.54) is 6.92 Å². The van der Waals surface area contributed by atoms with Gasteiger partial charge in [-0.3, -0.25) is 4.79 Å². The number of rotatable bonds is 6. The fourth-order valence-electron chi connectivity index (χ4n) is 2.64. The molecule has 1 heterocycles. The Morgan fingerprint density at radius 3 is 2.43 bits per heavy atom. The number of ether oxygens (including phenoxy) is 2. The number of esters is 1. The first-order chi connectivity index (χ1) is 13.4. The number of aryl methyl sites for hydroxylation is 2. The number of benzene rings is 2. The predicted molar refractivity (Wildman–Crippen MR) is 105 cm³/mol. The third kappa shape index (κ3) is 5.01. The van der Waals surface area contributed by atoms with Crippen LogP contribution in [-0.4, -0.2) is 11.9 Å². The Morgan fingerprint density at radius 1 is 1.00 bits per heavy atom. The van der Waals surface area contributed by atoms with Crippen molar-refractivity contribution in [3.05, 3.63) is 77.2 Å². The largest absolute Gasteiger partial charge is 0.485 e. The minimum atomic E-state index is -0.606. The molecule has 144 valence electrons. The summed E-state index contributed by atoms with van der Waals surface area (Å²) in [6.45, 7) is 5.63. The highest BCUT2D eigenvalue weighted by Gasteiger charge is 2.14. The van der Waals surface area contributed by atoms with Crippen molar-refractivity contribution in [2.45, 2.75) is 27.4 Å². The molecule has 6 nitrogen and oxygen atoms in total. The molecular formula is C22H21NO5. The van der Waals surface area contributed by atoms with E-state index in [2.05, 4.69) is 5.32 Å². The van der Waals surface area contributed by atoms with Gasteiger partial charge in [-0.15, -0.1) is 0 Å². The Bertz CT molecular complexity index is 988. The van der Waals surface area contributed by atoms with E-state index in [0.717, 1.165) is 16.9 Å². The van der Waals surface area contributed by atoms with E-state index in [9.17, 15) is 9.59 Å². The van der Waals surface area contributed by atoms with Crippen molar-refractivity contribution < 1.29 is 23.5 Å². The Kier molecular flexibility index (Phi) is 5.79. The summed E-state index contributed by atoms with van der Waals surface area (Å²) in [7, 11) is 0. The lowest BCUT2D eigenvalue weighted by Gasteiger charge is -2.08. The van der Waals surface area contributed by atoms with Crippen molar-refractivity contribution >= 4 is 17.6 Å². The molecule has 28 heavy (non-hydrogen) atoms. The summed E-state index contributed by atoms with van der Waals surface area (Å²) in [6, 6.07) is 15.6. The van der Waals surface area contributed by atoms with Gasteiger partial charge in [-0.25, -0.2) is 4.79 Å². The summed E-state index contributed by atoms with van der Waals surface area (Å²) < 4.78 is 16.6. The monoisotopic (exact) mass is 379 g/mol. The summed E-state index contributed by atoms with van der Waals surface area (Å²) in [5, 5.41) is 2.64. The van der Waals surface area contributed by atoms with Crippen LogP contribution in [0.4, 0.5) is 5.69 Å². The molecule has 0 aliphatic rings. The second kappa shape index (κ2) is 8.43. The van der Waals surface area contributed by atoms with Crippen LogP contribution in [0.5, 0.6) is 11.5 Å². The second-order valence-electron chi connectivity index (χ2n) is 6.42. The van der Waals surface area contributed by atoms with Gasteiger partial charge in [0, 0.05) is 12.6 Å². The molecule has 0 saturated heterocycles. The average molecular weight is 379 g/mol. The topological polar surface area (TPSA) is 77.8 Å². The number of amides is 1. The number of furan rings is 1. The van der Waals surface area contributed by atoms with Crippen LogP contribution in [0, 0.1) is 13.8 Å². The lowest BCUT2D eigenvalue weighted by molar-refractivity contribution is -0.114. The van der Waals surface area contributed by atoms with Gasteiger partial charge in [0.25, 0.3) is 0 Å². The first-order valence-corrected chi connectivity index (χ1v) is 8.79. The maximum atomic E-state index is 12.2. The smallest absolute Gasteiger partial charge is 0.379 e. The van der Waals surface area contributed by atoms with E-state index in [1.54, 1.807) is 36.4 Å². The molecule has 6 heteroatoms. The van der Waals surface area contributed by atoms with Crippen LogP contribution in [0.3, 0.4) is 0 Å². The molecule has 0 aliphatic carbocycles. The fraction of sp³-hybridized carbons (Fsp3) is 0.182. The maximum absolute atomic E-state index is 12.2. The normalized spacial score (nSPS) is 10.4. The van der Waals surface area contributed by atoms with Crippen molar-refractivity contribution in [2.75, 3.05) is 5.32 Å². The predicted octanol–water partition coefficient (Wildman–Crippen LogP) is 4.65. The molecule has 0 radical (unpaired) electrons. The molecule has 1 aromatic heterocycles. The third-order valence-electron chi connectivity index (χ3n) is 3.95. The van der Waals surface area contributed by atoms with Crippen LogP contribution in [0.15, 0.2) is 59.0 Å². The van der Waals surface area contributed by atoms with E-state index in [4.69, 9.17) is 13.9 Å². The van der Waals surface area contributed by atoms with Gasteiger partial charge in [0.05, 0.1) is 0 Å². The van der Waals surface area contributed by atoms with Gasteiger partial charge < -0.3 is 19.2 Å². The molecule has 0 atom stereocenters. The molecule has 0 saturated carbocycles. The van der Waals surface area contributed by atoms with Gasteiger partial charge in [-0.2, -0.15) is 0 Å². The van der Waals surface area contributed by atoms with Crippen LogP contribution < -0.4 is 14.8 Å². The van der Waals surface area contributed by atoms with E-state index in [1.807, 2.05) is 32.0 Å². The molecule has 0 bridgehead atoms. The zero-order chi connectivity index (χ0) is 20.1. The van der Waals surface area contributed by atoms with Crippen molar-refractivity contribution in [2.24, 2.45) is 0 Å². The maximum Gasteiger partial charge on any atom is 0.379 e. The molecule has 0 fully saturated rings. The summed E-state index contributed by atoms with van der Waals surface area (Å²) in [6.07, 6.45) is 0. The summed E-state index contributed by atoms with van der Waals surface area (Å²) >= 11 is 0. The Balaban J connectivity index is 1.58. The molecule has 3 rings (SSSR count). The van der Waals surface area contributed by atoms with Crippen LogP contribution >= 0.6 is 0 Å². The van der Waals surface area contributed by atoms with Gasteiger partial charge in [0.1, 0.15) is 23.9 Å². The number of hydrogen-bond acceptors (Lipinski definition) is 5. The quantitative estimate of drug-likeness (QED) is 0.498. The van der Waals surface area contributed by atoms with E-state index in [0.29, 0.717) is 17.2 Å². The van der Waals surface area contributed by atoms with Gasteiger partial charge >= 0.3 is 5.97 Å². The number of nitrogens with one attached hydrogen (secondary N) is 1. The van der Waals surface area contributed by atoms with E-state index >= 15 is 0 Å². The van der Waals surface area contributed by atoms with Gasteiger partial charge in [-0.05, 0) is 61.9 Å². The summed E-state index contributed by atoms with van der Waals surface area (Å²) in [5.74, 6) is 0.952. The molecule has 3 aromatic rings. The number of hydrogen-bond donors (Lipinski definition) is 1. The van der Waals surface area contributed by atoms with Crippen molar-refractivity contribution in [1.82, 2.24) is 0 Å². The zero-order valence-electron chi connectivity index (χ0n) is 15.9. The SMILES string of the molecule is CC(=O)Nc1ccc(OC(=O)c2ccc(COc3ccc(C)cc3C)o2)cc1. The van der Waals surface area contributed by atoms with Crippen molar-refractivity contribution in [3.63, 3.8) is 0 Å². The van der Waals surface area contributed by atoms with Crippen molar-refractivity contribution in [3.8, 4) is 11.5 Å². The summed E-state index contributed by atoms with van der Waals surface area (Å²) in [5.41, 5.74) is 2.82. The molecule has 0 unspecified atom stereocenters. The lowest BCUT2D eigenvalue weighted by atomic mass is 10.1. The lowest BCUT2D eigenvalue weighted by Crippen LogP contribution is -2.08. The van der Waals surface area contributed by atoms with Gasteiger partial charge in [0.15, 0.2) is 0 Å². The highest BCUT2D eigenvalue weighted by atomic mass is 16.5. The Morgan fingerprint density at radius 2 is 1.75 bits per heavy atom. The first-order valence-electron chi connectivity index (χ1n) is 8.79. The number of anilines is 1. The third-order valence-corrected chi connectivity index (χ3v) is 3.95. The molecule has 1 amide bonds. The van der Waals surface area contributed by atoms with Crippen LogP contribution in [0.25, 0.3) is 0 Å². The minimum Gasteiger partial charge on any atom is -0.485 e. The van der Waals surface area contributed by atoms with Crippen LogP contribution in [-0.2, 0) is 11.4 Å². The molecule has 2 aromatic carbocycles. The van der Waals surface area contributed by atoms with Crippen molar-refractivity contribution in [1.29, 1.82) is 0 Å². The number of carbonyl (C=O) groups is 2. The molecular weight excluding hydrogens is 358 g/mol. The zero-order valence-corrected chi connectivity index (χ0v) is 15.9. The standard InChI is InChI=1S/C22H21NO5/c1-14-4-10-20(15(2)12-14)26-13-19-9-11-21(27-19)22(25)28-18-7-5-17(6-8-18)23-16(3)24/h4-12H,13H2,1-3H3,(H,23,24). The Hall–Kier alpha value is -3.54. The second-order valence-corrected chi connectivity index (χ2v) is 6.42. The molecule has 1 N–H and O–H groups in total. The average Bonchev–Trinajstić information content (AvgIpc) is 3.11. The molecule has 0 spiro atoms. The first kappa shape index (κ1) is 19.2. The van der Waals surface area contributed by atoms with Crippen LogP contribution in [0.2, 0.25) is 0 Å². The van der Waals surface area contributed by atoms with Crippen LogP contribution in [0.1, 0.15) is 34.4 Å². The highest BCUT2D eigenvalue weighted by Crippen LogP contribution is 2.21. The molecule has 0 aliphatic heterocycles. The van der Waals surface area contributed by atoms with Gasteiger partial charge in [0.2, 0.25) is 11.7 Å².